The third-order valence-electron chi connectivity index (χ3n) is 3.21. The van der Waals surface area contributed by atoms with Gasteiger partial charge in [0.25, 0.3) is 5.91 Å². The summed E-state index contributed by atoms with van der Waals surface area (Å²) in [6, 6.07) is 6.64. The van der Waals surface area contributed by atoms with Crippen LogP contribution in [0.3, 0.4) is 0 Å². The van der Waals surface area contributed by atoms with Crippen LogP contribution >= 0.6 is 11.3 Å². The number of nitrogens with zero attached hydrogens (tertiary/aromatic N) is 1. The third kappa shape index (κ3) is 3.50. The van der Waals surface area contributed by atoms with E-state index in [-0.39, 0.29) is 10.8 Å². The normalized spacial score (nSPS) is 10.4. The number of carbonyl (C=O) groups is 1. The highest BCUT2D eigenvalue weighted by molar-refractivity contribution is 7.09. The van der Waals surface area contributed by atoms with Crippen LogP contribution in [0.25, 0.3) is 0 Å². The number of rotatable bonds is 5. The smallest absolute Gasteiger partial charge is 0.307 e. The second kappa shape index (κ2) is 6.55. The second-order valence-electron chi connectivity index (χ2n) is 4.51. The molecule has 1 aromatic heterocycles. The van der Waals surface area contributed by atoms with E-state index >= 15 is 0 Å². The molecule has 3 N–H and O–H groups in total. The SMILES string of the molecule is Cc1sc(=O)n(CCOc2ccc(C(=O)NN)cc2)c1C. The summed E-state index contributed by atoms with van der Waals surface area (Å²) < 4.78 is 7.28. The standard InChI is InChI=1S/C14H17N3O3S/c1-9-10(2)21-14(19)17(9)7-8-20-12-5-3-11(4-6-12)13(18)16-15/h3-6H,7-8,15H2,1-2H3,(H,16,18). The first kappa shape index (κ1) is 15.3. The van der Waals surface area contributed by atoms with E-state index in [4.69, 9.17) is 10.6 Å². The topological polar surface area (TPSA) is 86.3 Å². The van der Waals surface area contributed by atoms with Crippen molar-refractivity contribution < 1.29 is 9.53 Å². The number of amides is 1. The van der Waals surface area contributed by atoms with Crippen molar-refractivity contribution in [2.45, 2.75) is 20.4 Å². The summed E-state index contributed by atoms with van der Waals surface area (Å²) in [5.41, 5.74) is 3.50. The van der Waals surface area contributed by atoms with E-state index in [1.807, 2.05) is 13.8 Å². The molecule has 0 aliphatic heterocycles. The van der Waals surface area contributed by atoms with Crippen molar-refractivity contribution in [1.82, 2.24) is 9.99 Å². The highest BCUT2D eigenvalue weighted by Gasteiger charge is 2.07. The average molecular weight is 307 g/mol. The Balaban J connectivity index is 1.94. The number of hydrazine groups is 1. The van der Waals surface area contributed by atoms with E-state index in [9.17, 15) is 9.59 Å². The van der Waals surface area contributed by atoms with Crippen LogP contribution in [0.15, 0.2) is 29.1 Å². The predicted molar refractivity (Wildman–Crippen MR) is 81.6 cm³/mol. The van der Waals surface area contributed by atoms with Gasteiger partial charge in [-0.3, -0.25) is 19.6 Å². The maximum atomic E-state index is 11.7. The van der Waals surface area contributed by atoms with Crippen molar-refractivity contribution in [2.24, 2.45) is 5.84 Å². The Labute approximate surface area is 126 Å². The first-order valence-corrected chi connectivity index (χ1v) is 7.25. The van der Waals surface area contributed by atoms with Gasteiger partial charge in [-0.05, 0) is 38.1 Å². The molecule has 2 rings (SSSR count). The van der Waals surface area contributed by atoms with E-state index < -0.39 is 0 Å². The number of carbonyl (C=O) groups excluding carboxylic acids is 1. The van der Waals surface area contributed by atoms with Gasteiger partial charge in [-0.25, -0.2) is 5.84 Å². The molecule has 0 saturated carbocycles. The molecule has 0 unspecified atom stereocenters. The third-order valence-corrected chi connectivity index (χ3v) is 4.20. The van der Waals surface area contributed by atoms with Gasteiger partial charge in [-0.2, -0.15) is 0 Å². The number of ether oxygens (including phenoxy) is 1. The number of hydrogen-bond acceptors (Lipinski definition) is 5. The summed E-state index contributed by atoms with van der Waals surface area (Å²) >= 11 is 1.25. The molecule has 1 amide bonds. The summed E-state index contributed by atoms with van der Waals surface area (Å²) in [7, 11) is 0. The van der Waals surface area contributed by atoms with Crippen molar-refractivity contribution in [3.8, 4) is 5.75 Å². The van der Waals surface area contributed by atoms with Gasteiger partial charge in [0.1, 0.15) is 12.4 Å². The van der Waals surface area contributed by atoms with Gasteiger partial charge in [0.2, 0.25) is 0 Å². The van der Waals surface area contributed by atoms with E-state index in [2.05, 4.69) is 5.43 Å². The lowest BCUT2D eigenvalue weighted by molar-refractivity contribution is 0.0953. The number of hydrogen-bond donors (Lipinski definition) is 2. The maximum absolute atomic E-state index is 11.7. The first-order valence-electron chi connectivity index (χ1n) is 6.43. The molecule has 0 aliphatic carbocycles. The molecule has 0 bridgehead atoms. The Morgan fingerprint density at radius 1 is 1.33 bits per heavy atom. The molecule has 0 aliphatic rings. The molecule has 0 radical (unpaired) electrons. The van der Waals surface area contributed by atoms with Crippen LogP contribution in [0.4, 0.5) is 0 Å². The van der Waals surface area contributed by atoms with Crippen LogP contribution in [0.2, 0.25) is 0 Å². The summed E-state index contributed by atoms with van der Waals surface area (Å²) in [5, 5.41) is 0. The van der Waals surface area contributed by atoms with Gasteiger partial charge in [-0.15, -0.1) is 0 Å². The molecule has 112 valence electrons. The van der Waals surface area contributed by atoms with Gasteiger partial charge >= 0.3 is 4.87 Å². The number of thiazole rings is 1. The van der Waals surface area contributed by atoms with Crippen molar-refractivity contribution in [3.63, 3.8) is 0 Å². The number of nitrogens with one attached hydrogen (secondary N) is 1. The molecule has 6 nitrogen and oxygen atoms in total. The lowest BCUT2D eigenvalue weighted by Gasteiger charge is -2.08. The van der Waals surface area contributed by atoms with Crippen molar-refractivity contribution in [3.05, 3.63) is 50.1 Å². The molecular weight excluding hydrogens is 290 g/mol. The van der Waals surface area contributed by atoms with Crippen LogP contribution < -0.4 is 20.9 Å². The summed E-state index contributed by atoms with van der Waals surface area (Å²) in [6.45, 7) is 4.74. The predicted octanol–water partition coefficient (Wildman–Crippen LogP) is 1.21. The molecule has 1 heterocycles. The van der Waals surface area contributed by atoms with E-state index in [1.165, 1.54) is 11.3 Å². The van der Waals surface area contributed by atoms with Crippen molar-refractivity contribution in [2.75, 3.05) is 6.61 Å². The minimum absolute atomic E-state index is 0.0311. The van der Waals surface area contributed by atoms with E-state index in [0.29, 0.717) is 24.5 Å². The van der Waals surface area contributed by atoms with Crippen LogP contribution in [0.5, 0.6) is 5.75 Å². The number of aryl methyl sites for hydroxylation is 1. The Morgan fingerprint density at radius 3 is 2.52 bits per heavy atom. The zero-order valence-corrected chi connectivity index (χ0v) is 12.7. The molecule has 1 aromatic carbocycles. The molecule has 21 heavy (non-hydrogen) atoms. The summed E-state index contributed by atoms with van der Waals surface area (Å²) in [5.74, 6) is 5.35. The Kier molecular flexibility index (Phi) is 4.77. The Hall–Kier alpha value is -2.12. The van der Waals surface area contributed by atoms with Crippen molar-refractivity contribution >= 4 is 17.2 Å². The molecule has 0 atom stereocenters. The van der Waals surface area contributed by atoms with Gasteiger partial charge in [0, 0.05) is 16.1 Å². The quantitative estimate of drug-likeness (QED) is 0.494. The number of nitrogen functional groups attached to an aromatic ring is 1. The number of benzene rings is 1. The minimum Gasteiger partial charge on any atom is -0.492 e. The fourth-order valence-corrected chi connectivity index (χ4v) is 2.74. The van der Waals surface area contributed by atoms with Crippen LogP contribution in [-0.2, 0) is 6.54 Å². The molecular formula is C14H17N3O3S. The fraction of sp³-hybridized carbons (Fsp3) is 0.286. The zero-order valence-electron chi connectivity index (χ0n) is 11.9. The lowest BCUT2D eigenvalue weighted by Crippen LogP contribution is -2.29. The summed E-state index contributed by atoms with van der Waals surface area (Å²) in [6.07, 6.45) is 0. The van der Waals surface area contributed by atoms with Gasteiger partial charge in [0.15, 0.2) is 0 Å². The monoisotopic (exact) mass is 307 g/mol. The number of aromatic nitrogens is 1. The van der Waals surface area contributed by atoms with Gasteiger partial charge < -0.3 is 4.74 Å². The van der Waals surface area contributed by atoms with E-state index in [0.717, 1.165) is 10.6 Å². The van der Waals surface area contributed by atoms with Gasteiger partial charge in [-0.1, -0.05) is 11.3 Å². The zero-order chi connectivity index (χ0) is 15.4. The maximum Gasteiger partial charge on any atom is 0.307 e. The fourth-order valence-electron chi connectivity index (χ4n) is 1.89. The number of nitrogens with two attached hydrogens (primary N) is 1. The van der Waals surface area contributed by atoms with Crippen LogP contribution in [0, 0.1) is 13.8 Å². The van der Waals surface area contributed by atoms with Gasteiger partial charge in [0.05, 0.1) is 6.54 Å². The highest BCUT2D eigenvalue weighted by atomic mass is 32.1. The lowest BCUT2D eigenvalue weighted by atomic mass is 10.2. The minimum atomic E-state index is -0.350. The largest absolute Gasteiger partial charge is 0.492 e. The highest BCUT2D eigenvalue weighted by Crippen LogP contribution is 2.13. The van der Waals surface area contributed by atoms with Crippen LogP contribution in [-0.4, -0.2) is 17.1 Å². The molecule has 0 spiro atoms. The molecule has 7 heteroatoms. The summed E-state index contributed by atoms with van der Waals surface area (Å²) in [4.78, 5) is 24.1. The molecule has 0 saturated heterocycles. The Morgan fingerprint density at radius 2 is 2.00 bits per heavy atom. The van der Waals surface area contributed by atoms with Crippen LogP contribution in [0.1, 0.15) is 20.9 Å². The van der Waals surface area contributed by atoms with Crippen molar-refractivity contribution in [1.29, 1.82) is 0 Å². The Bertz CT molecular complexity index is 688. The molecule has 0 fully saturated rings. The van der Waals surface area contributed by atoms with E-state index in [1.54, 1.807) is 28.8 Å². The second-order valence-corrected chi connectivity index (χ2v) is 5.67. The first-order chi connectivity index (χ1) is 10.0. The average Bonchev–Trinajstić information content (AvgIpc) is 2.73. The molecule has 2 aromatic rings.